The number of methoxy groups -OCH3 is 1. The molecule has 0 spiro atoms. The Morgan fingerprint density at radius 3 is 2.65 bits per heavy atom. The zero-order chi connectivity index (χ0) is 25.2. The Labute approximate surface area is 220 Å². The summed E-state index contributed by atoms with van der Waals surface area (Å²) in [6.07, 6.45) is 8.00. The lowest BCUT2D eigenvalue weighted by Gasteiger charge is -2.37. The first-order valence-corrected chi connectivity index (χ1v) is 13.5. The summed E-state index contributed by atoms with van der Waals surface area (Å²) in [5.41, 5.74) is 4.24. The molecule has 2 heterocycles. The molecule has 1 amide bonds. The van der Waals surface area contributed by atoms with Gasteiger partial charge in [-0.2, -0.15) is 0 Å². The molecule has 0 bridgehead atoms. The lowest BCUT2D eigenvalue weighted by molar-refractivity contribution is -0.124. The molecule has 6 rings (SSSR count). The average molecular weight is 509 g/mol. The van der Waals surface area contributed by atoms with Crippen LogP contribution in [0, 0.1) is 5.92 Å². The molecule has 5 nitrogen and oxygen atoms in total. The van der Waals surface area contributed by atoms with Crippen LogP contribution in [0.3, 0.4) is 0 Å². The predicted molar refractivity (Wildman–Crippen MR) is 149 cm³/mol. The first kappa shape index (κ1) is 23.5. The molecule has 6 heteroatoms. The molecule has 0 radical (unpaired) electrons. The van der Waals surface area contributed by atoms with Crippen LogP contribution in [0.2, 0.25) is 0 Å². The molecule has 3 atom stereocenters. The second-order valence-corrected chi connectivity index (χ2v) is 10.3. The first-order chi connectivity index (χ1) is 18.2. The topological polar surface area (TPSA) is 63.3 Å². The van der Waals surface area contributed by atoms with Gasteiger partial charge in [0.25, 0.3) is 0 Å². The number of carbonyl (C=O) groups excluding carboxylic acids is 1. The Bertz CT molecular complexity index is 1490. The molecule has 37 heavy (non-hydrogen) atoms. The highest BCUT2D eigenvalue weighted by Crippen LogP contribution is 2.42. The number of hydrogen-bond acceptors (Lipinski definition) is 4. The van der Waals surface area contributed by atoms with Crippen LogP contribution in [0.4, 0.5) is 0 Å². The second-order valence-electron chi connectivity index (χ2n) is 9.19. The summed E-state index contributed by atoms with van der Waals surface area (Å²) >= 11 is 1.76. The van der Waals surface area contributed by atoms with Crippen molar-refractivity contribution in [3.05, 3.63) is 103 Å². The van der Waals surface area contributed by atoms with Crippen LogP contribution in [0.25, 0.3) is 22.2 Å². The molecule has 3 aromatic carbocycles. The predicted octanol–water partition coefficient (Wildman–Crippen LogP) is 6.34. The molecular weight excluding hydrogens is 480 g/mol. The fraction of sp³-hybridized carbons (Fsp3) is 0.194. The van der Waals surface area contributed by atoms with E-state index in [9.17, 15) is 4.79 Å². The minimum atomic E-state index is -0.274. The van der Waals surface area contributed by atoms with Gasteiger partial charge >= 0.3 is 0 Å². The third-order valence-corrected chi connectivity index (χ3v) is 8.11. The minimum absolute atomic E-state index is 0.0113. The smallest absolute Gasteiger partial charge is 0.228 e. The molecule has 2 N–H and O–H groups in total. The fourth-order valence-electron chi connectivity index (χ4n) is 5.20. The standard InChI is InChI=1S/C31H28N2O3S/c1-35-21-16-14-20(15-17-21)29-30(22-8-2-5-11-25(22)33-29)37-19-18-32-31(34)28-23-9-3-6-12-26(23)36-27-13-7-4-10-24(27)28/h2-17,23,26,28,33H,18-19H2,1H3,(H,32,34)/t23-,26-,28+/m0/s1. The number of thioether (sulfide) groups is 1. The third kappa shape index (κ3) is 4.53. The molecule has 186 valence electrons. The van der Waals surface area contributed by atoms with Crippen LogP contribution in [-0.4, -0.2) is 36.4 Å². The van der Waals surface area contributed by atoms with Crippen molar-refractivity contribution in [1.82, 2.24) is 10.3 Å². The summed E-state index contributed by atoms with van der Waals surface area (Å²) in [7, 11) is 1.67. The van der Waals surface area contributed by atoms with Crippen LogP contribution in [0.1, 0.15) is 11.5 Å². The first-order valence-electron chi connectivity index (χ1n) is 12.5. The van der Waals surface area contributed by atoms with Gasteiger partial charge in [-0.25, -0.2) is 0 Å². The van der Waals surface area contributed by atoms with E-state index in [2.05, 4.69) is 46.7 Å². The van der Waals surface area contributed by atoms with Crippen LogP contribution in [0.15, 0.2) is 102 Å². The monoisotopic (exact) mass is 508 g/mol. The van der Waals surface area contributed by atoms with Gasteiger partial charge in [-0.3, -0.25) is 4.79 Å². The molecule has 0 saturated heterocycles. The number of ether oxygens (including phenoxy) is 2. The van der Waals surface area contributed by atoms with Crippen LogP contribution in [-0.2, 0) is 4.79 Å². The van der Waals surface area contributed by atoms with Gasteiger partial charge in [0.15, 0.2) is 0 Å². The highest BCUT2D eigenvalue weighted by atomic mass is 32.2. The molecule has 1 aromatic heterocycles. The maximum absolute atomic E-state index is 13.5. The number of para-hydroxylation sites is 2. The van der Waals surface area contributed by atoms with E-state index in [1.807, 2.05) is 60.7 Å². The number of hydrogen-bond donors (Lipinski definition) is 2. The van der Waals surface area contributed by atoms with Crippen molar-refractivity contribution >= 4 is 28.6 Å². The molecule has 1 aliphatic carbocycles. The molecule has 4 aromatic rings. The van der Waals surface area contributed by atoms with Crippen LogP contribution >= 0.6 is 11.8 Å². The van der Waals surface area contributed by atoms with Crippen molar-refractivity contribution in [2.24, 2.45) is 5.92 Å². The van der Waals surface area contributed by atoms with Crippen molar-refractivity contribution in [1.29, 1.82) is 0 Å². The molecule has 1 aliphatic heterocycles. The van der Waals surface area contributed by atoms with Crippen molar-refractivity contribution in [3.8, 4) is 22.8 Å². The number of carbonyl (C=O) groups is 1. The van der Waals surface area contributed by atoms with Gasteiger partial charge in [-0.1, -0.05) is 54.6 Å². The average Bonchev–Trinajstić information content (AvgIpc) is 3.32. The Kier molecular flexibility index (Phi) is 6.49. The maximum Gasteiger partial charge on any atom is 0.228 e. The van der Waals surface area contributed by atoms with Gasteiger partial charge in [-0.05, 0) is 48.0 Å². The highest BCUT2D eigenvalue weighted by molar-refractivity contribution is 7.99. The van der Waals surface area contributed by atoms with Crippen molar-refractivity contribution in [2.45, 2.75) is 16.9 Å². The maximum atomic E-state index is 13.5. The number of nitrogens with one attached hydrogen (secondary N) is 2. The van der Waals surface area contributed by atoms with E-state index in [0.29, 0.717) is 6.54 Å². The van der Waals surface area contributed by atoms with Gasteiger partial charge in [0.05, 0.1) is 18.7 Å². The number of fused-ring (bicyclic) bond motifs is 3. The minimum Gasteiger partial charge on any atom is -0.497 e. The van der Waals surface area contributed by atoms with Gasteiger partial charge in [0.1, 0.15) is 17.6 Å². The summed E-state index contributed by atoms with van der Waals surface area (Å²) in [5.74, 6) is 2.14. The largest absolute Gasteiger partial charge is 0.497 e. The fourth-order valence-corrected chi connectivity index (χ4v) is 6.26. The Hall–Kier alpha value is -3.90. The highest BCUT2D eigenvalue weighted by Gasteiger charge is 2.40. The zero-order valence-electron chi connectivity index (χ0n) is 20.5. The van der Waals surface area contributed by atoms with Gasteiger partial charge in [0, 0.05) is 39.6 Å². The van der Waals surface area contributed by atoms with Crippen LogP contribution in [0.5, 0.6) is 11.5 Å². The zero-order valence-corrected chi connectivity index (χ0v) is 21.3. The van der Waals surface area contributed by atoms with E-state index in [1.54, 1.807) is 18.9 Å². The van der Waals surface area contributed by atoms with E-state index >= 15 is 0 Å². The lowest BCUT2D eigenvalue weighted by Crippen LogP contribution is -2.42. The number of rotatable bonds is 7. The molecule has 2 aliphatic rings. The van der Waals surface area contributed by atoms with Crippen molar-refractivity contribution < 1.29 is 14.3 Å². The van der Waals surface area contributed by atoms with Gasteiger partial charge < -0.3 is 19.8 Å². The lowest BCUT2D eigenvalue weighted by atomic mass is 9.77. The number of benzene rings is 3. The summed E-state index contributed by atoms with van der Waals surface area (Å²) in [6.45, 7) is 0.571. The van der Waals surface area contributed by atoms with E-state index < -0.39 is 0 Å². The van der Waals surface area contributed by atoms with E-state index in [4.69, 9.17) is 9.47 Å². The van der Waals surface area contributed by atoms with Crippen molar-refractivity contribution in [3.63, 3.8) is 0 Å². The summed E-state index contributed by atoms with van der Waals surface area (Å²) in [4.78, 5) is 18.3. The van der Waals surface area contributed by atoms with E-state index in [-0.39, 0.29) is 23.8 Å². The number of aromatic nitrogens is 1. The molecule has 0 fully saturated rings. The summed E-state index contributed by atoms with van der Waals surface area (Å²) < 4.78 is 11.5. The SMILES string of the molecule is COc1ccc(-c2[nH]c3ccccc3c2SCCNC(=O)[C@H]2c3ccccc3O[C@H]3C=CC=C[C@@H]32)cc1. The second kappa shape index (κ2) is 10.2. The number of H-pyrrole nitrogens is 1. The van der Waals surface area contributed by atoms with Gasteiger partial charge in [-0.15, -0.1) is 11.8 Å². The molecule has 0 saturated carbocycles. The summed E-state index contributed by atoms with van der Waals surface area (Å²) in [5, 5.41) is 4.40. The summed E-state index contributed by atoms with van der Waals surface area (Å²) in [6, 6.07) is 24.3. The Morgan fingerprint density at radius 1 is 1.00 bits per heavy atom. The van der Waals surface area contributed by atoms with Crippen molar-refractivity contribution in [2.75, 3.05) is 19.4 Å². The quantitative estimate of drug-likeness (QED) is 0.226. The Morgan fingerprint density at radius 2 is 1.78 bits per heavy atom. The number of aromatic amines is 1. The third-order valence-electron chi connectivity index (χ3n) is 6.99. The van der Waals surface area contributed by atoms with Gasteiger partial charge in [0.2, 0.25) is 5.91 Å². The molecular formula is C31H28N2O3S. The molecule has 0 unspecified atom stereocenters. The Balaban J connectivity index is 1.18. The normalized spacial score (nSPS) is 19.6. The van der Waals surface area contributed by atoms with E-state index in [0.717, 1.165) is 39.6 Å². The number of amides is 1. The van der Waals surface area contributed by atoms with E-state index in [1.165, 1.54) is 10.3 Å². The van der Waals surface area contributed by atoms with Crippen LogP contribution < -0.4 is 14.8 Å². The number of allylic oxidation sites excluding steroid dienone is 2.